The van der Waals surface area contributed by atoms with Crippen LogP contribution in [0.25, 0.3) is 0 Å². The van der Waals surface area contributed by atoms with Crippen LogP contribution in [0.2, 0.25) is 0 Å². The molecule has 0 saturated heterocycles. The first-order valence-electron chi connectivity index (χ1n) is 7.68. The van der Waals surface area contributed by atoms with Crippen molar-refractivity contribution >= 4 is 0 Å². The molecule has 4 nitrogen and oxygen atoms in total. The second kappa shape index (κ2) is 6.35. The number of nitrogens with one attached hydrogen (secondary N) is 1. The summed E-state index contributed by atoms with van der Waals surface area (Å²) < 4.78 is 16.1. The van der Waals surface area contributed by atoms with Gasteiger partial charge in [0.15, 0.2) is 0 Å². The van der Waals surface area contributed by atoms with Crippen LogP contribution in [0.5, 0.6) is 0 Å². The molecule has 1 aromatic carbocycles. The van der Waals surface area contributed by atoms with E-state index in [1.165, 1.54) is 18.9 Å². The highest BCUT2D eigenvalue weighted by molar-refractivity contribution is 5.21. The molecule has 1 aliphatic heterocycles. The molecule has 0 saturated carbocycles. The fourth-order valence-electron chi connectivity index (χ4n) is 2.95. The Morgan fingerprint density at radius 1 is 1.29 bits per heavy atom. The molecular weight excluding hydrogens is 267 g/mol. The largest absolute Gasteiger partial charge is 0.314 e. The van der Waals surface area contributed by atoms with E-state index in [1.54, 1.807) is 6.07 Å². The van der Waals surface area contributed by atoms with Crippen molar-refractivity contribution in [3.05, 3.63) is 47.3 Å². The minimum absolute atomic E-state index is 0.00254. The number of aryl methyl sites for hydroxylation is 1. The van der Waals surface area contributed by atoms with E-state index >= 15 is 0 Å². The zero-order valence-corrected chi connectivity index (χ0v) is 12.3. The number of hydrogen-bond acceptors (Lipinski definition) is 3. The van der Waals surface area contributed by atoms with Gasteiger partial charge >= 0.3 is 0 Å². The van der Waals surface area contributed by atoms with Gasteiger partial charge in [-0.2, -0.15) is 0 Å². The molecule has 1 aromatic heterocycles. The van der Waals surface area contributed by atoms with E-state index in [4.69, 9.17) is 0 Å². The molecule has 0 unspecified atom stereocenters. The monoisotopic (exact) mass is 288 g/mol. The first-order chi connectivity index (χ1) is 10.3. The minimum Gasteiger partial charge on any atom is -0.314 e. The van der Waals surface area contributed by atoms with Gasteiger partial charge in [0.2, 0.25) is 0 Å². The number of fused-ring (bicyclic) bond motifs is 1. The molecule has 0 bridgehead atoms. The molecule has 0 amide bonds. The van der Waals surface area contributed by atoms with Gasteiger partial charge in [-0.15, -0.1) is 10.2 Å². The van der Waals surface area contributed by atoms with Gasteiger partial charge in [0, 0.05) is 24.6 Å². The van der Waals surface area contributed by atoms with E-state index in [1.807, 2.05) is 12.1 Å². The third-order valence-corrected chi connectivity index (χ3v) is 4.13. The van der Waals surface area contributed by atoms with E-state index in [9.17, 15) is 4.39 Å². The molecule has 0 spiro atoms. The van der Waals surface area contributed by atoms with Crippen molar-refractivity contribution in [3.8, 4) is 0 Å². The number of aromatic nitrogens is 3. The Labute approximate surface area is 124 Å². The van der Waals surface area contributed by atoms with E-state index in [0.29, 0.717) is 6.54 Å². The molecule has 1 aliphatic rings. The molecular formula is C16H21FN4. The lowest BCUT2D eigenvalue weighted by atomic mass is 10.0. The molecule has 0 fully saturated rings. The van der Waals surface area contributed by atoms with Crippen LogP contribution in [-0.2, 0) is 19.5 Å². The molecule has 0 radical (unpaired) electrons. The summed E-state index contributed by atoms with van der Waals surface area (Å²) in [5.74, 6) is 1.89. The molecule has 21 heavy (non-hydrogen) atoms. The van der Waals surface area contributed by atoms with Crippen molar-refractivity contribution in [1.29, 1.82) is 0 Å². The van der Waals surface area contributed by atoms with Gasteiger partial charge in [-0.3, -0.25) is 0 Å². The number of benzene rings is 1. The summed E-state index contributed by atoms with van der Waals surface area (Å²) >= 11 is 0. The zero-order chi connectivity index (χ0) is 14.7. The smallest absolute Gasteiger partial charge is 0.147 e. The Hall–Kier alpha value is -1.75. The lowest BCUT2D eigenvalue weighted by molar-refractivity contribution is 0.456. The quantitative estimate of drug-likeness (QED) is 0.919. The van der Waals surface area contributed by atoms with Gasteiger partial charge in [-0.1, -0.05) is 25.1 Å². The van der Waals surface area contributed by atoms with E-state index in [-0.39, 0.29) is 11.9 Å². The minimum atomic E-state index is -0.153. The standard InChI is InChI=1S/C16H21FN4/c1-2-14(12-7-3-4-8-13(12)17)18-11-16-20-19-15-9-5-6-10-21(15)16/h3-4,7-8,14,18H,2,5-6,9-11H2,1H3/t14-/m1/s1. The highest BCUT2D eigenvalue weighted by Crippen LogP contribution is 2.21. The maximum atomic E-state index is 13.9. The molecule has 112 valence electrons. The van der Waals surface area contributed by atoms with Crippen molar-refractivity contribution in [1.82, 2.24) is 20.1 Å². The molecule has 5 heteroatoms. The van der Waals surface area contributed by atoms with E-state index in [2.05, 4.69) is 27.0 Å². The van der Waals surface area contributed by atoms with Crippen LogP contribution in [0.1, 0.15) is 49.4 Å². The van der Waals surface area contributed by atoms with Crippen LogP contribution < -0.4 is 5.32 Å². The van der Waals surface area contributed by atoms with Crippen molar-refractivity contribution in [3.63, 3.8) is 0 Å². The van der Waals surface area contributed by atoms with Crippen LogP contribution in [0.3, 0.4) is 0 Å². The average Bonchev–Trinajstić information content (AvgIpc) is 2.93. The maximum absolute atomic E-state index is 13.9. The fourth-order valence-corrected chi connectivity index (χ4v) is 2.95. The zero-order valence-electron chi connectivity index (χ0n) is 12.3. The van der Waals surface area contributed by atoms with E-state index in [0.717, 1.165) is 36.6 Å². The number of halogens is 1. The third-order valence-electron chi connectivity index (χ3n) is 4.13. The van der Waals surface area contributed by atoms with Crippen molar-refractivity contribution in [2.24, 2.45) is 0 Å². The Bertz CT molecular complexity index is 608. The van der Waals surface area contributed by atoms with Gasteiger partial charge in [0.05, 0.1) is 6.54 Å². The fraction of sp³-hybridized carbons (Fsp3) is 0.500. The number of hydrogen-bond donors (Lipinski definition) is 1. The molecule has 1 atom stereocenters. The van der Waals surface area contributed by atoms with Gasteiger partial charge < -0.3 is 9.88 Å². The lowest BCUT2D eigenvalue weighted by Crippen LogP contribution is -2.24. The Morgan fingerprint density at radius 3 is 2.95 bits per heavy atom. The van der Waals surface area contributed by atoms with Gasteiger partial charge in [-0.05, 0) is 25.3 Å². The molecule has 1 N–H and O–H groups in total. The first kappa shape index (κ1) is 14.2. The van der Waals surface area contributed by atoms with Crippen molar-refractivity contribution in [2.45, 2.75) is 51.7 Å². The molecule has 0 aliphatic carbocycles. The SMILES string of the molecule is CC[C@@H](NCc1nnc2n1CCCC2)c1ccccc1F. The predicted molar refractivity (Wildman–Crippen MR) is 79.2 cm³/mol. The Kier molecular flexibility index (Phi) is 4.29. The van der Waals surface area contributed by atoms with Crippen LogP contribution >= 0.6 is 0 Å². The normalized spacial score (nSPS) is 15.7. The molecule has 2 heterocycles. The highest BCUT2D eigenvalue weighted by Gasteiger charge is 2.18. The second-order valence-corrected chi connectivity index (χ2v) is 5.50. The summed E-state index contributed by atoms with van der Waals surface area (Å²) in [6.45, 7) is 3.68. The number of rotatable bonds is 5. The number of nitrogens with zero attached hydrogens (tertiary/aromatic N) is 3. The summed E-state index contributed by atoms with van der Waals surface area (Å²) in [6.07, 6.45) is 4.22. The molecule has 3 rings (SSSR count). The summed E-state index contributed by atoms with van der Waals surface area (Å²) in [5, 5.41) is 11.9. The van der Waals surface area contributed by atoms with Crippen molar-refractivity contribution in [2.75, 3.05) is 0 Å². The highest BCUT2D eigenvalue weighted by atomic mass is 19.1. The van der Waals surface area contributed by atoms with Gasteiger partial charge in [-0.25, -0.2) is 4.39 Å². The average molecular weight is 288 g/mol. The maximum Gasteiger partial charge on any atom is 0.147 e. The predicted octanol–water partition coefficient (Wildman–Crippen LogP) is 2.99. The van der Waals surface area contributed by atoms with Crippen LogP contribution in [0.4, 0.5) is 4.39 Å². The van der Waals surface area contributed by atoms with Crippen LogP contribution in [0, 0.1) is 5.82 Å². The topological polar surface area (TPSA) is 42.7 Å². The Balaban J connectivity index is 1.71. The summed E-state index contributed by atoms with van der Waals surface area (Å²) in [7, 11) is 0. The first-order valence-corrected chi connectivity index (χ1v) is 7.68. The summed E-state index contributed by atoms with van der Waals surface area (Å²) in [4.78, 5) is 0. The van der Waals surface area contributed by atoms with E-state index < -0.39 is 0 Å². The van der Waals surface area contributed by atoms with Crippen LogP contribution in [0.15, 0.2) is 24.3 Å². The molecule has 2 aromatic rings. The van der Waals surface area contributed by atoms with Crippen molar-refractivity contribution < 1.29 is 4.39 Å². The Morgan fingerprint density at radius 2 is 2.14 bits per heavy atom. The van der Waals surface area contributed by atoms with Gasteiger partial charge in [0.25, 0.3) is 0 Å². The van der Waals surface area contributed by atoms with Gasteiger partial charge in [0.1, 0.15) is 17.5 Å². The van der Waals surface area contributed by atoms with Crippen LogP contribution in [-0.4, -0.2) is 14.8 Å². The summed E-state index contributed by atoms with van der Waals surface area (Å²) in [6, 6.07) is 6.96. The third kappa shape index (κ3) is 2.97. The second-order valence-electron chi connectivity index (χ2n) is 5.50. The summed E-state index contributed by atoms with van der Waals surface area (Å²) in [5.41, 5.74) is 0.721. The lowest BCUT2D eigenvalue weighted by Gasteiger charge is -2.19.